The molecule has 1 aliphatic rings. The highest BCUT2D eigenvalue weighted by molar-refractivity contribution is 5.19. The minimum atomic E-state index is -0.340. The van der Waals surface area contributed by atoms with Crippen molar-refractivity contribution in [1.29, 1.82) is 0 Å². The summed E-state index contributed by atoms with van der Waals surface area (Å²) >= 11 is 0. The zero-order valence-corrected chi connectivity index (χ0v) is 13.2. The van der Waals surface area contributed by atoms with E-state index in [0.717, 1.165) is 31.7 Å². The van der Waals surface area contributed by atoms with E-state index in [9.17, 15) is 8.78 Å². The summed E-state index contributed by atoms with van der Waals surface area (Å²) in [7, 11) is 0. The second kappa shape index (κ2) is 7.88. The Labute approximate surface area is 127 Å². The molecule has 1 aromatic rings. The molecule has 0 amide bonds. The van der Waals surface area contributed by atoms with Crippen molar-refractivity contribution < 1.29 is 8.78 Å². The van der Waals surface area contributed by atoms with Gasteiger partial charge in [-0.25, -0.2) is 8.78 Å². The predicted octanol–water partition coefficient (Wildman–Crippen LogP) is 4.70. The van der Waals surface area contributed by atoms with Gasteiger partial charge in [-0.05, 0) is 74.2 Å². The summed E-state index contributed by atoms with van der Waals surface area (Å²) in [6, 6.07) is 4.25. The Morgan fingerprint density at radius 1 is 1.19 bits per heavy atom. The van der Waals surface area contributed by atoms with Crippen LogP contribution in [-0.2, 0) is 6.42 Å². The van der Waals surface area contributed by atoms with E-state index in [1.54, 1.807) is 0 Å². The van der Waals surface area contributed by atoms with Crippen molar-refractivity contribution in [2.45, 2.75) is 58.4 Å². The molecular formula is C18H27F2N. The van der Waals surface area contributed by atoms with E-state index in [0.29, 0.717) is 23.9 Å². The molecule has 21 heavy (non-hydrogen) atoms. The van der Waals surface area contributed by atoms with Crippen LogP contribution >= 0.6 is 0 Å². The van der Waals surface area contributed by atoms with E-state index in [-0.39, 0.29) is 11.6 Å². The van der Waals surface area contributed by atoms with Crippen molar-refractivity contribution in [3.8, 4) is 0 Å². The molecule has 0 radical (unpaired) electrons. The number of rotatable bonds is 6. The summed E-state index contributed by atoms with van der Waals surface area (Å²) in [4.78, 5) is 0. The lowest BCUT2D eigenvalue weighted by molar-refractivity contribution is 0.197. The number of benzene rings is 1. The Bertz CT molecular complexity index is 447. The van der Waals surface area contributed by atoms with Gasteiger partial charge in [-0.15, -0.1) is 0 Å². The third kappa shape index (κ3) is 4.50. The highest BCUT2D eigenvalue weighted by atomic mass is 19.1. The molecule has 0 bridgehead atoms. The molecule has 0 saturated heterocycles. The topological polar surface area (TPSA) is 12.0 Å². The first-order valence-corrected chi connectivity index (χ1v) is 8.31. The fourth-order valence-corrected chi connectivity index (χ4v) is 3.54. The van der Waals surface area contributed by atoms with Gasteiger partial charge < -0.3 is 5.32 Å². The average Bonchev–Trinajstić information content (AvgIpc) is 2.49. The summed E-state index contributed by atoms with van der Waals surface area (Å²) in [5.74, 6) is 0.523. The van der Waals surface area contributed by atoms with E-state index in [1.165, 1.54) is 31.0 Å². The monoisotopic (exact) mass is 295 g/mol. The quantitative estimate of drug-likeness (QED) is 0.802. The zero-order valence-electron chi connectivity index (χ0n) is 13.2. The maximum absolute atomic E-state index is 13.9. The highest BCUT2D eigenvalue weighted by Crippen LogP contribution is 2.34. The lowest BCUT2D eigenvalue weighted by Gasteiger charge is -2.37. The zero-order chi connectivity index (χ0) is 15.2. The van der Waals surface area contributed by atoms with Gasteiger partial charge >= 0.3 is 0 Å². The maximum atomic E-state index is 13.9. The molecule has 1 fully saturated rings. The van der Waals surface area contributed by atoms with Crippen LogP contribution in [0.5, 0.6) is 0 Å². The van der Waals surface area contributed by atoms with Crippen molar-refractivity contribution in [2.24, 2.45) is 11.8 Å². The van der Waals surface area contributed by atoms with Crippen molar-refractivity contribution >= 4 is 0 Å². The molecule has 3 heteroatoms. The molecule has 1 N–H and O–H groups in total. The van der Waals surface area contributed by atoms with Crippen LogP contribution in [-0.4, -0.2) is 12.6 Å². The van der Waals surface area contributed by atoms with E-state index in [4.69, 9.17) is 0 Å². The van der Waals surface area contributed by atoms with Crippen LogP contribution in [0.15, 0.2) is 18.2 Å². The molecule has 1 aliphatic carbocycles. The summed E-state index contributed by atoms with van der Waals surface area (Å²) in [6.07, 6.45) is 6.45. The van der Waals surface area contributed by atoms with Gasteiger partial charge in [-0.2, -0.15) is 0 Å². The first-order chi connectivity index (χ1) is 10.1. The SMILES string of the molecule is CCCNC1CCC(CC)CC1Cc1cc(F)ccc1F. The second-order valence-corrected chi connectivity index (χ2v) is 6.35. The average molecular weight is 295 g/mol. The van der Waals surface area contributed by atoms with Crippen LogP contribution in [0.3, 0.4) is 0 Å². The van der Waals surface area contributed by atoms with E-state index < -0.39 is 0 Å². The van der Waals surface area contributed by atoms with Crippen LogP contribution < -0.4 is 5.32 Å². The molecule has 1 nitrogen and oxygen atoms in total. The Hall–Kier alpha value is -0.960. The van der Waals surface area contributed by atoms with Gasteiger partial charge in [-0.1, -0.05) is 20.3 Å². The van der Waals surface area contributed by atoms with Crippen LogP contribution in [0.25, 0.3) is 0 Å². The van der Waals surface area contributed by atoms with Gasteiger partial charge in [0.2, 0.25) is 0 Å². The molecule has 0 heterocycles. The number of halogens is 2. The van der Waals surface area contributed by atoms with Crippen LogP contribution in [0, 0.1) is 23.5 Å². The minimum absolute atomic E-state index is 0.274. The second-order valence-electron chi connectivity index (χ2n) is 6.35. The molecule has 3 atom stereocenters. The largest absolute Gasteiger partial charge is 0.314 e. The molecule has 0 spiro atoms. The molecular weight excluding hydrogens is 268 g/mol. The Balaban J connectivity index is 2.09. The van der Waals surface area contributed by atoms with Crippen LogP contribution in [0.2, 0.25) is 0 Å². The summed E-state index contributed by atoms with van der Waals surface area (Å²) in [5.41, 5.74) is 0.528. The van der Waals surface area contributed by atoms with Gasteiger partial charge in [0, 0.05) is 6.04 Å². The van der Waals surface area contributed by atoms with Gasteiger partial charge in [0.15, 0.2) is 0 Å². The summed E-state index contributed by atoms with van der Waals surface area (Å²) < 4.78 is 27.3. The van der Waals surface area contributed by atoms with Crippen molar-refractivity contribution in [3.63, 3.8) is 0 Å². The third-order valence-electron chi connectivity index (χ3n) is 4.81. The van der Waals surface area contributed by atoms with E-state index >= 15 is 0 Å². The summed E-state index contributed by atoms with van der Waals surface area (Å²) in [5, 5.41) is 3.60. The third-order valence-corrected chi connectivity index (χ3v) is 4.81. The molecule has 1 saturated carbocycles. The van der Waals surface area contributed by atoms with Crippen molar-refractivity contribution in [3.05, 3.63) is 35.4 Å². The fraction of sp³-hybridized carbons (Fsp3) is 0.667. The lowest BCUT2D eigenvalue weighted by Crippen LogP contribution is -2.42. The molecule has 0 aromatic heterocycles. The maximum Gasteiger partial charge on any atom is 0.126 e. The Morgan fingerprint density at radius 3 is 2.71 bits per heavy atom. The number of hydrogen-bond acceptors (Lipinski definition) is 1. The first kappa shape index (κ1) is 16.4. The standard InChI is InChI=1S/C18H27F2N/c1-3-9-21-18-8-5-13(4-2)10-15(18)11-14-12-16(19)6-7-17(14)20/h6-7,12-13,15,18,21H,3-5,8-11H2,1-2H3. The molecule has 2 rings (SSSR count). The highest BCUT2D eigenvalue weighted by Gasteiger charge is 2.30. The van der Waals surface area contributed by atoms with Crippen molar-refractivity contribution in [1.82, 2.24) is 5.32 Å². The smallest absolute Gasteiger partial charge is 0.126 e. The Kier molecular flexibility index (Phi) is 6.16. The predicted molar refractivity (Wildman–Crippen MR) is 83.3 cm³/mol. The first-order valence-electron chi connectivity index (χ1n) is 8.31. The number of nitrogens with one attached hydrogen (secondary N) is 1. The van der Waals surface area contributed by atoms with E-state index in [2.05, 4.69) is 19.2 Å². The van der Waals surface area contributed by atoms with Crippen LogP contribution in [0.4, 0.5) is 8.78 Å². The molecule has 0 aliphatic heterocycles. The normalized spacial score (nSPS) is 26.0. The van der Waals surface area contributed by atoms with Gasteiger partial charge in [0.25, 0.3) is 0 Å². The van der Waals surface area contributed by atoms with Gasteiger partial charge in [-0.3, -0.25) is 0 Å². The van der Waals surface area contributed by atoms with Gasteiger partial charge in [0.05, 0.1) is 0 Å². The minimum Gasteiger partial charge on any atom is -0.314 e. The lowest BCUT2D eigenvalue weighted by atomic mass is 9.74. The molecule has 3 unspecified atom stereocenters. The number of hydrogen-bond donors (Lipinski definition) is 1. The summed E-state index contributed by atoms with van der Waals surface area (Å²) in [6.45, 7) is 5.39. The Morgan fingerprint density at radius 2 is 2.00 bits per heavy atom. The van der Waals surface area contributed by atoms with E-state index in [1.807, 2.05) is 0 Å². The van der Waals surface area contributed by atoms with Crippen molar-refractivity contribution in [2.75, 3.05) is 6.54 Å². The molecule has 1 aromatic carbocycles. The van der Waals surface area contributed by atoms with Gasteiger partial charge in [0.1, 0.15) is 11.6 Å². The molecule has 118 valence electrons. The van der Waals surface area contributed by atoms with Crippen LogP contribution in [0.1, 0.15) is 51.5 Å². The fourth-order valence-electron chi connectivity index (χ4n) is 3.54.